The number of rotatable bonds is 4. The van der Waals surface area contributed by atoms with Gasteiger partial charge in [0.25, 0.3) is 0 Å². The normalized spacial score (nSPS) is 20.3. The summed E-state index contributed by atoms with van der Waals surface area (Å²) >= 11 is 0. The molecule has 1 atom stereocenters. The third-order valence-corrected chi connectivity index (χ3v) is 6.74. The monoisotopic (exact) mass is 403 g/mol. The summed E-state index contributed by atoms with van der Waals surface area (Å²) in [6.07, 6.45) is 11.5. The molecule has 0 bridgehead atoms. The molecule has 2 aromatic rings. The molecule has 3 aliphatic rings. The smallest absolute Gasteiger partial charge is 0.230 e. The maximum atomic E-state index is 12.7. The highest BCUT2D eigenvalue weighted by Gasteiger charge is 2.35. The maximum absolute atomic E-state index is 12.7. The Bertz CT molecular complexity index is 996. The Labute approximate surface area is 177 Å². The minimum atomic E-state index is 0.0536. The third kappa shape index (κ3) is 3.51. The van der Waals surface area contributed by atoms with Crippen LogP contribution in [0.15, 0.2) is 30.6 Å². The van der Waals surface area contributed by atoms with Gasteiger partial charge in [0.2, 0.25) is 11.8 Å². The first-order valence-corrected chi connectivity index (χ1v) is 11.4. The number of carbonyl (C=O) groups excluding carboxylic acids is 2. The molecule has 30 heavy (non-hydrogen) atoms. The first-order chi connectivity index (χ1) is 14.7. The standard InChI is InChI=1S/C25H29N3O2/c1-2-24(29)27-22-7-3-6-19-20(14-26-15-21(19)22)17-10-11-23-18(13-17)5-4-12-28(23)25(30)16-8-9-16/h10-11,13-16,22H,2-9,12H2,1H3,(H,27,29)/t22-/m1/s1. The molecule has 2 aliphatic carbocycles. The molecular formula is C25H29N3O2. The number of nitrogens with zero attached hydrogens (tertiary/aromatic N) is 2. The Balaban J connectivity index is 1.49. The fraction of sp³-hybridized carbons (Fsp3) is 0.480. The van der Waals surface area contributed by atoms with E-state index in [2.05, 4.69) is 28.5 Å². The van der Waals surface area contributed by atoms with Gasteiger partial charge in [0, 0.05) is 42.5 Å². The van der Waals surface area contributed by atoms with Crippen molar-refractivity contribution >= 4 is 17.5 Å². The van der Waals surface area contributed by atoms with Crippen LogP contribution in [0.3, 0.4) is 0 Å². The lowest BCUT2D eigenvalue weighted by Crippen LogP contribution is -2.36. The molecule has 1 aromatic heterocycles. The largest absolute Gasteiger partial charge is 0.349 e. The van der Waals surface area contributed by atoms with Gasteiger partial charge in [-0.1, -0.05) is 13.0 Å². The van der Waals surface area contributed by atoms with E-state index in [0.29, 0.717) is 12.3 Å². The van der Waals surface area contributed by atoms with E-state index in [4.69, 9.17) is 0 Å². The van der Waals surface area contributed by atoms with E-state index in [1.165, 1.54) is 16.7 Å². The number of pyridine rings is 1. The van der Waals surface area contributed by atoms with E-state index in [0.717, 1.165) is 68.3 Å². The minimum Gasteiger partial charge on any atom is -0.349 e. The molecule has 0 radical (unpaired) electrons. The number of anilines is 1. The molecule has 1 saturated carbocycles. The van der Waals surface area contributed by atoms with E-state index in [-0.39, 0.29) is 17.9 Å². The van der Waals surface area contributed by atoms with E-state index in [1.807, 2.05) is 24.2 Å². The lowest BCUT2D eigenvalue weighted by Gasteiger charge is -2.31. The number of aromatic nitrogens is 1. The summed E-state index contributed by atoms with van der Waals surface area (Å²) in [4.78, 5) is 31.2. The van der Waals surface area contributed by atoms with Gasteiger partial charge in [-0.25, -0.2) is 0 Å². The van der Waals surface area contributed by atoms with Gasteiger partial charge in [0.15, 0.2) is 0 Å². The van der Waals surface area contributed by atoms with Crippen molar-refractivity contribution in [3.8, 4) is 11.1 Å². The number of benzene rings is 1. The zero-order valence-electron chi connectivity index (χ0n) is 17.6. The molecule has 2 amide bonds. The highest BCUT2D eigenvalue weighted by molar-refractivity contribution is 5.97. The van der Waals surface area contributed by atoms with Gasteiger partial charge >= 0.3 is 0 Å². The Hall–Kier alpha value is -2.69. The van der Waals surface area contributed by atoms with Gasteiger partial charge in [0.1, 0.15) is 0 Å². The number of carbonyl (C=O) groups is 2. The average molecular weight is 404 g/mol. The zero-order chi connectivity index (χ0) is 20.7. The van der Waals surface area contributed by atoms with E-state index in [1.54, 1.807) is 0 Å². The molecule has 1 N–H and O–H groups in total. The minimum absolute atomic E-state index is 0.0536. The van der Waals surface area contributed by atoms with Crippen LogP contribution in [0.25, 0.3) is 11.1 Å². The van der Waals surface area contributed by atoms with Crippen molar-refractivity contribution in [3.05, 3.63) is 47.3 Å². The number of hydrogen-bond donors (Lipinski definition) is 1. The zero-order valence-corrected chi connectivity index (χ0v) is 17.6. The maximum Gasteiger partial charge on any atom is 0.230 e. The van der Waals surface area contributed by atoms with Crippen molar-refractivity contribution in [1.82, 2.24) is 10.3 Å². The number of fused-ring (bicyclic) bond motifs is 2. The lowest BCUT2D eigenvalue weighted by molar-refractivity contribution is -0.121. The lowest BCUT2D eigenvalue weighted by atomic mass is 9.84. The summed E-state index contributed by atoms with van der Waals surface area (Å²) in [6.45, 7) is 2.72. The Morgan fingerprint density at radius 1 is 1.13 bits per heavy atom. The van der Waals surface area contributed by atoms with Gasteiger partial charge in [-0.05, 0) is 79.3 Å². The predicted molar refractivity (Wildman–Crippen MR) is 117 cm³/mol. The molecule has 156 valence electrons. The highest BCUT2D eigenvalue weighted by atomic mass is 16.2. The van der Waals surface area contributed by atoms with Crippen LogP contribution in [-0.4, -0.2) is 23.3 Å². The highest BCUT2D eigenvalue weighted by Crippen LogP contribution is 2.39. The molecule has 1 aromatic carbocycles. The van der Waals surface area contributed by atoms with Crippen LogP contribution in [0, 0.1) is 5.92 Å². The van der Waals surface area contributed by atoms with Crippen LogP contribution in [-0.2, 0) is 22.4 Å². The molecule has 1 aliphatic heterocycles. The summed E-state index contributed by atoms with van der Waals surface area (Å²) in [7, 11) is 0. The Kier molecular flexibility index (Phi) is 5.05. The molecule has 0 unspecified atom stereocenters. The fourth-order valence-corrected chi connectivity index (χ4v) is 4.96. The Morgan fingerprint density at radius 3 is 2.80 bits per heavy atom. The second-order valence-electron chi connectivity index (χ2n) is 8.83. The van der Waals surface area contributed by atoms with Crippen LogP contribution in [0.1, 0.15) is 68.2 Å². The third-order valence-electron chi connectivity index (χ3n) is 6.74. The first-order valence-electron chi connectivity index (χ1n) is 11.4. The van der Waals surface area contributed by atoms with Crippen molar-refractivity contribution in [2.75, 3.05) is 11.4 Å². The average Bonchev–Trinajstić information content (AvgIpc) is 3.63. The molecule has 0 spiro atoms. The number of nitrogens with one attached hydrogen (secondary N) is 1. The van der Waals surface area contributed by atoms with Crippen molar-refractivity contribution < 1.29 is 9.59 Å². The molecule has 5 rings (SSSR count). The van der Waals surface area contributed by atoms with E-state index < -0.39 is 0 Å². The van der Waals surface area contributed by atoms with Crippen molar-refractivity contribution in [3.63, 3.8) is 0 Å². The molecule has 5 nitrogen and oxygen atoms in total. The van der Waals surface area contributed by atoms with Gasteiger partial charge in [-0.3, -0.25) is 14.6 Å². The van der Waals surface area contributed by atoms with Gasteiger partial charge in [-0.15, -0.1) is 0 Å². The number of hydrogen-bond acceptors (Lipinski definition) is 3. The first kappa shape index (κ1) is 19.3. The van der Waals surface area contributed by atoms with Crippen LogP contribution in [0.4, 0.5) is 5.69 Å². The summed E-state index contributed by atoms with van der Waals surface area (Å²) in [5, 5.41) is 3.16. The Morgan fingerprint density at radius 2 is 2.00 bits per heavy atom. The van der Waals surface area contributed by atoms with Crippen molar-refractivity contribution in [2.45, 2.75) is 64.3 Å². The van der Waals surface area contributed by atoms with E-state index >= 15 is 0 Å². The molecule has 0 saturated heterocycles. The van der Waals surface area contributed by atoms with Crippen LogP contribution in [0.2, 0.25) is 0 Å². The molecular weight excluding hydrogens is 374 g/mol. The summed E-state index contributed by atoms with van der Waals surface area (Å²) in [6, 6.07) is 6.58. The fourth-order valence-electron chi connectivity index (χ4n) is 4.96. The van der Waals surface area contributed by atoms with Gasteiger partial charge in [0.05, 0.1) is 6.04 Å². The second kappa shape index (κ2) is 7.86. The van der Waals surface area contributed by atoms with Crippen molar-refractivity contribution in [2.24, 2.45) is 5.92 Å². The summed E-state index contributed by atoms with van der Waals surface area (Å²) < 4.78 is 0. The number of aryl methyl sites for hydroxylation is 1. The van der Waals surface area contributed by atoms with Gasteiger partial charge in [-0.2, -0.15) is 0 Å². The van der Waals surface area contributed by atoms with Crippen molar-refractivity contribution in [1.29, 1.82) is 0 Å². The summed E-state index contributed by atoms with van der Waals surface area (Å²) in [5.74, 6) is 0.639. The molecule has 5 heteroatoms. The van der Waals surface area contributed by atoms with Crippen LogP contribution < -0.4 is 10.2 Å². The van der Waals surface area contributed by atoms with E-state index in [9.17, 15) is 9.59 Å². The SMILES string of the molecule is CCC(=O)N[C@@H]1CCCc2c(-c3ccc4c(c3)CCCN4C(=O)C3CC3)cncc21. The predicted octanol–water partition coefficient (Wildman–Crippen LogP) is 4.34. The topological polar surface area (TPSA) is 62.3 Å². The van der Waals surface area contributed by atoms with Gasteiger partial charge < -0.3 is 10.2 Å². The van der Waals surface area contributed by atoms with Crippen LogP contribution >= 0.6 is 0 Å². The second-order valence-corrected chi connectivity index (χ2v) is 8.83. The summed E-state index contributed by atoms with van der Waals surface area (Å²) in [5.41, 5.74) is 7.14. The molecule has 2 heterocycles. The number of amides is 2. The quantitative estimate of drug-likeness (QED) is 0.826. The molecule has 1 fully saturated rings. The van der Waals surface area contributed by atoms with Crippen LogP contribution in [0.5, 0.6) is 0 Å².